The van der Waals surface area contributed by atoms with E-state index in [-0.39, 0.29) is 12.0 Å². The van der Waals surface area contributed by atoms with Crippen LogP contribution in [0, 0.1) is 0 Å². The van der Waals surface area contributed by atoms with Crippen LogP contribution < -0.4 is 14.8 Å². The summed E-state index contributed by atoms with van der Waals surface area (Å²) in [4.78, 5) is 13.5. The molecule has 6 nitrogen and oxygen atoms in total. The van der Waals surface area contributed by atoms with Gasteiger partial charge < -0.3 is 19.9 Å². The Morgan fingerprint density at radius 1 is 1.36 bits per heavy atom. The van der Waals surface area contributed by atoms with E-state index in [2.05, 4.69) is 5.32 Å². The van der Waals surface area contributed by atoms with Crippen molar-refractivity contribution in [3.05, 3.63) is 24.3 Å². The number of nitrogens with one attached hydrogen (secondary N) is 1. The minimum Gasteiger partial charge on any atom is -0.497 e. The maximum Gasteiger partial charge on any atom is 0.233 e. The lowest BCUT2D eigenvalue weighted by Gasteiger charge is -2.22. The van der Waals surface area contributed by atoms with E-state index < -0.39 is 6.10 Å². The Balaban J connectivity index is 1.95. The van der Waals surface area contributed by atoms with Gasteiger partial charge in [-0.1, -0.05) is 6.07 Å². The average Bonchev–Trinajstić information content (AvgIpc) is 2.71. The molecular formula is C16H24N2O4. The predicted octanol–water partition coefficient (Wildman–Crippen LogP) is 0.645. The molecule has 1 saturated heterocycles. The minimum atomic E-state index is -0.541. The van der Waals surface area contributed by atoms with Crippen LogP contribution in [-0.4, -0.2) is 61.9 Å². The third kappa shape index (κ3) is 4.61. The van der Waals surface area contributed by atoms with Crippen molar-refractivity contribution in [3.63, 3.8) is 0 Å². The molecule has 2 N–H and O–H groups in total. The summed E-state index contributed by atoms with van der Waals surface area (Å²) >= 11 is 0. The lowest BCUT2D eigenvalue weighted by atomic mass is 10.1. The number of rotatable bonds is 5. The monoisotopic (exact) mass is 308 g/mol. The van der Waals surface area contributed by atoms with Crippen molar-refractivity contribution >= 4 is 5.91 Å². The number of ether oxygens (including phenoxy) is 2. The van der Waals surface area contributed by atoms with E-state index in [1.54, 1.807) is 20.2 Å². The van der Waals surface area contributed by atoms with Crippen molar-refractivity contribution in [1.29, 1.82) is 0 Å². The third-order valence-corrected chi connectivity index (χ3v) is 3.87. The van der Waals surface area contributed by atoms with Gasteiger partial charge in [-0.25, -0.2) is 0 Å². The molecule has 0 saturated carbocycles. The summed E-state index contributed by atoms with van der Waals surface area (Å²) in [7, 11) is 3.24. The molecule has 0 bridgehead atoms. The first-order valence-corrected chi connectivity index (χ1v) is 7.54. The number of benzene rings is 1. The maximum absolute atomic E-state index is 11.5. The van der Waals surface area contributed by atoms with Crippen LogP contribution in [-0.2, 0) is 4.79 Å². The molecule has 1 aliphatic heterocycles. The van der Waals surface area contributed by atoms with Crippen LogP contribution in [0.15, 0.2) is 24.3 Å². The second kappa shape index (κ2) is 8.00. The Bertz CT molecular complexity index is 495. The number of aliphatic hydroxyl groups is 1. The number of methoxy groups -OCH3 is 1. The number of carbonyl (C=O) groups is 1. The van der Waals surface area contributed by atoms with Crippen LogP contribution >= 0.6 is 0 Å². The molecule has 1 amide bonds. The van der Waals surface area contributed by atoms with Gasteiger partial charge >= 0.3 is 0 Å². The Labute approximate surface area is 131 Å². The number of likely N-dealkylation sites (tertiary alicyclic amines) is 1. The lowest BCUT2D eigenvalue weighted by molar-refractivity contribution is -0.121. The number of likely N-dealkylation sites (N-methyl/N-ethyl adjacent to an activating group) is 1. The number of hydrogen-bond acceptors (Lipinski definition) is 5. The standard InChI is InChI=1S/C16H24N2O4/c1-17-16(20)11-18-8-6-14(19)15(7-9-18)22-13-5-3-4-12(10-13)21-2/h3-5,10,14-15,19H,6-9,11H2,1-2H3,(H,17,20)/t14-,15-/m0/s1. The number of amides is 1. The van der Waals surface area contributed by atoms with E-state index in [4.69, 9.17) is 9.47 Å². The van der Waals surface area contributed by atoms with Gasteiger partial charge in [0.05, 0.1) is 19.8 Å². The van der Waals surface area contributed by atoms with Gasteiger partial charge in [-0.05, 0) is 25.0 Å². The molecular weight excluding hydrogens is 284 g/mol. The maximum atomic E-state index is 11.5. The molecule has 0 aromatic heterocycles. The van der Waals surface area contributed by atoms with Gasteiger partial charge in [0.15, 0.2) is 0 Å². The zero-order valence-electron chi connectivity index (χ0n) is 13.1. The van der Waals surface area contributed by atoms with E-state index in [9.17, 15) is 9.90 Å². The second-order valence-corrected chi connectivity index (χ2v) is 5.43. The van der Waals surface area contributed by atoms with Crippen molar-refractivity contribution in [2.75, 3.05) is 33.8 Å². The van der Waals surface area contributed by atoms with E-state index >= 15 is 0 Å². The fourth-order valence-electron chi connectivity index (χ4n) is 2.54. The predicted molar refractivity (Wildman–Crippen MR) is 83.2 cm³/mol. The molecule has 0 spiro atoms. The fraction of sp³-hybridized carbons (Fsp3) is 0.562. The molecule has 0 unspecified atom stereocenters. The highest BCUT2D eigenvalue weighted by atomic mass is 16.5. The molecule has 0 aliphatic carbocycles. The summed E-state index contributed by atoms with van der Waals surface area (Å²) in [5.74, 6) is 1.40. The van der Waals surface area contributed by atoms with Crippen LogP contribution in [0.4, 0.5) is 0 Å². The average molecular weight is 308 g/mol. The highest BCUT2D eigenvalue weighted by Gasteiger charge is 2.27. The Kier molecular flexibility index (Phi) is 6.03. The van der Waals surface area contributed by atoms with Gasteiger partial charge in [0.25, 0.3) is 0 Å². The quantitative estimate of drug-likeness (QED) is 0.835. The van der Waals surface area contributed by atoms with Crippen LogP contribution in [0.1, 0.15) is 12.8 Å². The van der Waals surface area contributed by atoms with Crippen LogP contribution in [0.2, 0.25) is 0 Å². The summed E-state index contributed by atoms with van der Waals surface area (Å²) < 4.78 is 11.1. The largest absolute Gasteiger partial charge is 0.497 e. The topological polar surface area (TPSA) is 71.0 Å². The van der Waals surface area contributed by atoms with E-state index in [1.165, 1.54) is 0 Å². The zero-order chi connectivity index (χ0) is 15.9. The highest BCUT2D eigenvalue weighted by molar-refractivity contribution is 5.77. The molecule has 22 heavy (non-hydrogen) atoms. The summed E-state index contributed by atoms with van der Waals surface area (Å²) in [5.41, 5.74) is 0. The van der Waals surface area contributed by atoms with E-state index in [0.29, 0.717) is 31.7 Å². The van der Waals surface area contributed by atoms with Crippen LogP contribution in [0.25, 0.3) is 0 Å². The zero-order valence-corrected chi connectivity index (χ0v) is 13.1. The third-order valence-electron chi connectivity index (χ3n) is 3.87. The first-order chi connectivity index (χ1) is 10.6. The molecule has 2 atom stereocenters. The molecule has 1 aromatic carbocycles. The van der Waals surface area contributed by atoms with Gasteiger partial charge in [-0.15, -0.1) is 0 Å². The summed E-state index contributed by atoms with van der Waals surface area (Å²) in [6.07, 6.45) is 0.448. The van der Waals surface area contributed by atoms with Gasteiger partial charge in [0, 0.05) is 26.2 Å². The minimum absolute atomic E-state index is 0.0124. The first kappa shape index (κ1) is 16.6. The number of hydrogen-bond donors (Lipinski definition) is 2. The SMILES string of the molecule is CNC(=O)CN1CC[C@H](Oc2cccc(OC)c2)[C@@H](O)CC1. The molecule has 1 heterocycles. The Morgan fingerprint density at radius 2 is 2.09 bits per heavy atom. The normalized spacial score (nSPS) is 22.7. The van der Waals surface area contributed by atoms with E-state index in [1.807, 2.05) is 23.1 Å². The number of carbonyl (C=O) groups excluding carboxylic acids is 1. The Morgan fingerprint density at radius 3 is 2.82 bits per heavy atom. The molecule has 0 radical (unpaired) electrons. The summed E-state index contributed by atoms with van der Waals surface area (Å²) in [6, 6.07) is 7.36. The van der Waals surface area contributed by atoms with Crippen molar-refractivity contribution in [1.82, 2.24) is 10.2 Å². The van der Waals surface area contributed by atoms with Gasteiger partial charge in [0.1, 0.15) is 17.6 Å². The molecule has 2 rings (SSSR count). The summed E-state index contributed by atoms with van der Waals surface area (Å²) in [5, 5.41) is 12.9. The van der Waals surface area contributed by atoms with Crippen molar-refractivity contribution in [2.45, 2.75) is 25.0 Å². The van der Waals surface area contributed by atoms with Gasteiger partial charge in [-0.2, -0.15) is 0 Å². The molecule has 6 heteroatoms. The fourth-order valence-corrected chi connectivity index (χ4v) is 2.54. The number of aliphatic hydroxyl groups excluding tert-OH is 1. The van der Waals surface area contributed by atoms with Crippen molar-refractivity contribution < 1.29 is 19.4 Å². The second-order valence-electron chi connectivity index (χ2n) is 5.43. The highest BCUT2D eigenvalue weighted by Crippen LogP contribution is 2.23. The van der Waals surface area contributed by atoms with Crippen LogP contribution in [0.5, 0.6) is 11.5 Å². The van der Waals surface area contributed by atoms with Crippen LogP contribution in [0.3, 0.4) is 0 Å². The van der Waals surface area contributed by atoms with Gasteiger partial charge in [-0.3, -0.25) is 9.69 Å². The molecule has 1 fully saturated rings. The van der Waals surface area contributed by atoms with E-state index in [0.717, 1.165) is 12.3 Å². The number of nitrogens with zero attached hydrogens (tertiary/aromatic N) is 1. The first-order valence-electron chi connectivity index (χ1n) is 7.54. The summed E-state index contributed by atoms with van der Waals surface area (Å²) in [6.45, 7) is 1.76. The molecule has 1 aliphatic rings. The van der Waals surface area contributed by atoms with Crippen molar-refractivity contribution in [2.24, 2.45) is 0 Å². The lowest BCUT2D eigenvalue weighted by Crippen LogP contribution is -2.36. The molecule has 122 valence electrons. The van der Waals surface area contributed by atoms with Crippen molar-refractivity contribution in [3.8, 4) is 11.5 Å². The van der Waals surface area contributed by atoms with Gasteiger partial charge in [0.2, 0.25) is 5.91 Å². The smallest absolute Gasteiger partial charge is 0.233 e. The molecule has 1 aromatic rings. The Hall–Kier alpha value is -1.79.